The molecule has 4 N–H and O–H groups in total. The zero-order valence-corrected chi connectivity index (χ0v) is 22.9. The second-order valence-corrected chi connectivity index (χ2v) is 9.87. The van der Waals surface area contributed by atoms with E-state index in [0.29, 0.717) is 19.5 Å². The number of carbonyl (C=O) groups excluding carboxylic acids is 3. The van der Waals surface area contributed by atoms with Crippen LogP contribution >= 0.6 is 0 Å². The number of methoxy groups -OCH3 is 1. The summed E-state index contributed by atoms with van der Waals surface area (Å²) in [6, 6.07) is -0.753. The zero-order chi connectivity index (χ0) is 26.3. The first-order chi connectivity index (χ1) is 17.6. The van der Waals surface area contributed by atoms with Gasteiger partial charge in [0.25, 0.3) is 0 Å². The first-order valence-electron chi connectivity index (χ1n) is 14.4. The smallest absolute Gasteiger partial charge is 0.328 e. The van der Waals surface area contributed by atoms with Crippen molar-refractivity contribution in [2.75, 3.05) is 20.3 Å². The van der Waals surface area contributed by atoms with Crippen LogP contribution < -0.4 is 21.3 Å². The number of ether oxygens (including phenoxy) is 1. The summed E-state index contributed by atoms with van der Waals surface area (Å²) in [4.78, 5) is 36.2. The predicted molar refractivity (Wildman–Crippen MR) is 145 cm³/mol. The van der Waals surface area contributed by atoms with Gasteiger partial charge in [0.15, 0.2) is 0 Å². The molecule has 0 aromatic carbocycles. The number of rotatable bonds is 23. The van der Waals surface area contributed by atoms with Crippen molar-refractivity contribution < 1.29 is 19.1 Å². The van der Waals surface area contributed by atoms with E-state index in [-0.39, 0.29) is 24.8 Å². The predicted octanol–water partition coefficient (Wildman–Crippen LogP) is 4.79. The molecule has 1 aliphatic rings. The largest absolute Gasteiger partial charge is 0.467 e. The molecule has 0 radical (unpaired) electrons. The van der Waals surface area contributed by atoms with Crippen LogP contribution in [0.4, 0.5) is 0 Å². The lowest BCUT2D eigenvalue weighted by atomic mass is 10.0. The van der Waals surface area contributed by atoms with Crippen LogP contribution in [0.2, 0.25) is 0 Å². The molecule has 0 bridgehead atoms. The maximum absolute atomic E-state index is 12.2. The lowest BCUT2D eigenvalue weighted by Gasteiger charge is -2.17. The second kappa shape index (κ2) is 22.0. The Labute approximate surface area is 219 Å². The number of hydrogen-bond donors (Lipinski definition) is 4. The van der Waals surface area contributed by atoms with Gasteiger partial charge in [0, 0.05) is 37.7 Å². The van der Waals surface area contributed by atoms with Crippen molar-refractivity contribution in [1.29, 1.82) is 0 Å². The SMILES string of the molecule is CCCCCCCCCCCCCCCCCC(=O)NCCC(=O)NC(CC1=CNCN1)C(=O)OC. The minimum absolute atomic E-state index is 0.0200. The number of nitrogens with one attached hydrogen (secondary N) is 4. The minimum Gasteiger partial charge on any atom is -0.467 e. The number of esters is 1. The molecular weight excluding hydrogens is 456 g/mol. The van der Waals surface area contributed by atoms with Crippen LogP contribution in [0.25, 0.3) is 0 Å². The second-order valence-electron chi connectivity index (χ2n) is 9.87. The standard InChI is InChI=1S/C28H52N4O4/c1-3-4-5-6-7-8-9-10-11-12-13-14-15-16-17-18-26(33)30-20-19-27(34)32-25(28(35)36-2)21-24-22-29-23-31-24/h22,25,29,31H,3-21,23H2,1-2H3,(H,30,33)(H,32,34). The van der Waals surface area contributed by atoms with Crippen LogP contribution in [0.5, 0.6) is 0 Å². The molecule has 0 spiro atoms. The molecule has 1 aliphatic heterocycles. The Morgan fingerprint density at radius 1 is 0.833 bits per heavy atom. The Morgan fingerprint density at radius 3 is 1.89 bits per heavy atom. The van der Waals surface area contributed by atoms with Gasteiger partial charge >= 0.3 is 5.97 Å². The van der Waals surface area contributed by atoms with E-state index in [1.165, 1.54) is 90.6 Å². The van der Waals surface area contributed by atoms with E-state index in [4.69, 9.17) is 4.74 Å². The van der Waals surface area contributed by atoms with Gasteiger partial charge in [-0.2, -0.15) is 0 Å². The lowest BCUT2D eigenvalue weighted by Crippen LogP contribution is -2.43. The minimum atomic E-state index is -0.753. The molecule has 0 aromatic heterocycles. The maximum atomic E-state index is 12.2. The van der Waals surface area contributed by atoms with Gasteiger partial charge in [0.1, 0.15) is 6.04 Å². The molecular formula is C28H52N4O4. The van der Waals surface area contributed by atoms with Crippen molar-refractivity contribution >= 4 is 17.8 Å². The highest BCUT2D eigenvalue weighted by molar-refractivity contribution is 5.85. The molecule has 1 heterocycles. The van der Waals surface area contributed by atoms with E-state index >= 15 is 0 Å². The summed E-state index contributed by atoms with van der Waals surface area (Å²) in [5.41, 5.74) is 0.836. The van der Waals surface area contributed by atoms with Crippen molar-refractivity contribution in [2.45, 2.75) is 129 Å². The van der Waals surface area contributed by atoms with Crippen LogP contribution in [0.15, 0.2) is 11.9 Å². The number of hydrogen-bond acceptors (Lipinski definition) is 6. The molecule has 1 unspecified atom stereocenters. The van der Waals surface area contributed by atoms with E-state index in [0.717, 1.165) is 18.5 Å². The average molecular weight is 509 g/mol. The van der Waals surface area contributed by atoms with Crippen molar-refractivity contribution in [1.82, 2.24) is 21.3 Å². The van der Waals surface area contributed by atoms with E-state index in [1.807, 2.05) is 0 Å². The normalized spacial score (nSPS) is 13.3. The quantitative estimate of drug-likeness (QED) is 0.117. The Hall–Kier alpha value is -2.25. The molecule has 0 fully saturated rings. The average Bonchev–Trinajstić information content (AvgIpc) is 3.38. The van der Waals surface area contributed by atoms with Gasteiger partial charge in [-0.15, -0.1) is 0 Å². The van der Waals surface area contributed by atoms with E-state index in [1.54, 1.807) is 6.20 Å². The van der Waals surface area contributed by atoms with Crippen molar-refractivity contribution in [3.05, 3.63) is 11.9 Å². The van der Waals surface area contributed by atoms with Crippen molar-refractivity contribution in [3.63, 3.8) is 0 Å². The summed E-state index contributed by atoms with van der Waals surface area (Å²) in [6.07, 6.45) is 22.2. The topological polar surface area (TPSA) is 109 Å². The number of amides is 2. The van der Waals surface area contributed by atoms with Crippen molar-refractivity contribution in [2.24, 2.45) is 0 Å². The van der Waals surface area contributed by atoms with Gasteiger partial charge in [-0.05, 0) is 6.42 Å². The summed E-state index contributed by atoms with van der Waals surface area (Å²) >= 11 is 0. The zero-order valence-electron chi connectivity index (χ0n) is 22.9. The van der Waals surface area contributed by atoms with Gasteiger partial charge in [-0.25, -0.2) is 4.79 Å². The Balaban J connectivity index is 1.94. The van der Waals surface area contributed by atoms with Gasteiger partial charge in [0.2, 0.25) is 11.8 Å². The molecule has 0 saturated carbocycles. The molecule has 208 valence electrons. The highest BCUT2D eigenvalue weighted by Gasteiger charge is 2.23. The van der Waals surface area contributed by atoms with Crippen LogP contribution in [-0.2, 0) is 19.1 Å². The van der Waals surface area contributed by atoms with Gasteiger partial charge in [-0.1, -0.05) is 96.8 Å². The molecule has 1 rings (SSSR count). The summed E-state index contributed by atoms with van der Waals surface area (Å²) in [5, 5.41) is 11.6. The van der Waals surface area contributed by atoms with Gasteiger partial charge in [0.05, 0.1) is 13.8 Å². The summed E-state index contributed by atoms with van der Waals surface area (Å²) < 4.78 is 4.79. The molecule has 36 heavy (non-hydrogen) atoms. The Bertz CT molecular complexity index is 639. The molecule has 0 saturated heterocycles. The summed E-state index contributed by atoms with van der Waals surface area (Å²) in [7, 11) is 1.30. The van der Waals surface area contributed by atoms with E-state index in [2.05, 4.69) is 28.2 Å². The van der Waals surface area contributed by atoms with Crippen LogP contribution in [-0.4, -0.2) is 44.1 Å². The third kappa shape index (κ3) is 17.2. The fourth-order valence-electron chi connectivity index (χ4n) is 4.40. The van der Waals surface area contributed by atoms with Gasteiger partial charge < -0.3 is 26.0 Å². The monoisotopic (exact) mass is 508 g/mol. The van der Waals surface area contributed by atoms with Crippen LogP contribution in [0, 0.1) is 0 Å². The molecule has 2 amide bonds. The lowest BCUT2D eigenvalue weighted by molar-refractivity contribution is -0.145. The molecule has 8 nitrogen and oxygen atoms in total. The first-order valence-corrected chi connectivity index (χ1v) is 14.4. The molecule has 8 heteroatoms. The van der Waals surface area contributed by atoms with E-state index < -0.39 is 12.0 Å². The molecule has 0 aliphatic carbocycles. The van der Waals surface area contributed by atoms with Crippen LogP contribution in [0.3, 0.4) is 0 Å². The molecule has 0 aromatic rings. The third-order valence-electron chi connectivity index (χ3n) is 6.62. The van der Waals surface area contributed by atoms with E-state index in [9.17, 15) is 14.4 Å². The fourth-order valence-corrected chi connectivity index (χ4v) is 4.40. The van der Waals surface area contributed by atoms with Crippen molar-refractivity contribution in [3.8, 4) is 0 Å². The number of unbranched alkanes of at least 4 members (excludes halogenated alkanes) is 14. The van der Waals surface area contributed by atoms with Gasteiger partial charge in [-0.3, -0.25) is 9.59 Å². The maximum Gasteiger partial charge on any atom is 0.328 e. The third-order valence-corrected chi connectivity index (χ3v) is 6.62. The number of carbonyl (C=O) groups is 3. The Morgan fingerprint density at radius 2 is 1.39 bits per heavy atom. The van der Waals surface area contributed by atoms with Crippen LogP contribution in [0.1, 0.15) is 122 Å². The Kier molecular flexibility index (Phi) is 19.4. The fraction of sp³-hybridized carbons (Fsp3) is 0.821. The molecule has 1 atom stereocenters. The highest BCUT2D eigenvalue weighted by Crippen LogP contribution is 2.13. The first kappa shape index (κ1) is 31.8. The summed E-state index contributed by atoms with van der Waals surface area (Å²) in [6.45, 7) is 3.13. The highest BCUT2D eigenvalue weighted by atomic mass is 16.5. The summed E-state index contributed by atoms with van der Waals surface area (Å²) in [5.74, 6) is -0.798.